The Morgan fingerprint density at radius 2 is 2.25 bits per heavy atom. The van der Waals surface area contributed by atoms with Crippen LogP contribution in [0.15, 0.2) is 0 Å². The average molecular weight is 226 g/mol. The monoisotopic (exact) mass is 226 g/mol. The predicted octanol–water partition coefficient (Wildman–Crippen LogP) is 2.21. The minimum atomic E-state index is -0.335. The van der Waals surface area contributed by atoms with Crippen molar-refractivity contribution in [3.05, 3.63) is 0 Å². The van der Waals surface area contributed by atoms with Gasteiger partial charge in [0.2, 0.25) is 5.91 Å². The van der Waals surface area contributed by atoms with Gasteiger partial charge in [0, 0.05) is 6.04 Å². The van der Waals surface area contributed by atoms with Crippen molar-refractivity contribution in [3.8, 4) is 0 Å². The molecule has 0 bridgehead atoms. The van der Waals surface area contributed by atoms with Crippen molar-refractivity contribution in [2.24, 2.45) is 0 Å². The van der Waals surface area contributed by atoms with E-state index in [9.17, 15) is 4.79 Å². The van der Waals surface area contributed by atoms with Gasteiger partial charge in [0.25, 0.3) is 0 Å². The lowest BCUT2D eigenvalue weighted by Crippen LogP contribution is -2.58. The molecule has 0 aromatic rings. The molecular formula is C13H26N2O. The Hall–Kier alpha value is -0.570. The third kappa shape index (κ3) is 3.78. The number of carbonyl (C=O) groups is 1. The van der Waals surface area contributed by atoms with E-state index < -0.39 is 0 Å². The van der Waals surface area contributed by atoms with E-state index in [0.717, 1.165) is 25.8 Å². The number of unbranched alkanes of at least 4 members (excludes halogenated alkanes) is 1. The maximum absolute atomic E-state index is 12.1. The van der Waals surface area contributed by atoms with Crippen LogP contribution in [0.1, 0.15) is 59.3 Å². The largest absolute Gasteiger partial charge is 0.352 e. The van der Waals surface area contributed by atoms with Gasteiger partial charge in [-0.3, -0.25) is 4.79 Å². The van der Waals surface area contributed by atoms with Crippen LogP contribution in [0.3, 0.4) is 0 Å². The quantitative estimate of drug-likeness (QED) is 0.754. The van der Waals surface area contributed by atoms with Crippen LogP contribution < -0.4 is 10.6 Å². The molecule has 0 radical (unpaired) electrons. The van der Waals surface area contributed by atoms with Gasteiger partial charge in [-0.15, -0.1) is 0 Å². The van der Waals surface area contributed by atoms with E-state index in [1.54, 1.807) is 0 Å². The van der Waals surface area contributed by atoms with Crippen molar-refractivity contribution in [1.29, 1.82) is 0 Å². The van der Waals surface area contributed by atoms with Gasteiger partial charge in [-0.1, -0.05) is 19.8 Å². The second-order valence-electron chi connectivity index (χ2n) is 5.23. The lowest BCUT2D eigenvalue weighted by atomic mass is 9.89. The Labute approximate surface area is 99.4 Å². The Bertz CT molecular complexity index is 222. The summed E-state index contributed by atoms with van der Waals surface area (Å²) >= 11 is 0. The summed E-state index contributed by atoms with van der Waals surface area (Å²) in [7, 11) is 0. The van der Waals surface area contributed by atoms with Crippen LogP contribution >= 0.6 is 0 Å². The van der Waals surface area contributed by atoms with Crippen LogP contribution in [0.2, 0.25) is 0 Å². The maximum atomic E-state index is 12.1. The second kappa shape index (κ2) is 6.24. The standard InChI is InChI=1S/C13H26N2O/c1-4-5-8-11(2)15-12(16)13(3)9-6-7-10-14-13/h11,14H,4-10H2,1-3H3,(H,15,16). The molecule has 2 unspecified atom stereocenters. The maximum Gasteiger partial charge on any atom is 0.240 e. The van der Waals surface area contributed by atoms with Crippen molar-refractivity contribution >= 4 is 5.91 Å². The first-order valence-corrected chi connectivity index (χ1v) is 6.64. The smallest absolute Gasteiger partial charge is 0.240 e. The SMILES string of the molecule is CCCCC(C)NC(=O)C1(C)CCCCN1. The van der Waals surface area contributed by atoms with Crippen LogP contribution in [0.25, 0.3) is 0 Å². The summed E-state index contributed by atoms with van der Waals surface area (Å²) < 4.78 is 0. The van der Waals surface area contributed by atoms with Gasteiger partial charge in [0.15, 0.2) is 0 Å². The molecule has 3 nitrogen and oxygen atoms in total. The molecule has 0 aliphatic carbocycles. The molecule has 2 N–H and O–H groups in total. The first-order chi connectivity index (χ1) is 7.58. The van der Waals surface area contributed by atoms with Crippen molar-refractivity contribution in [3.63, 3.8) is 0 Å². The van der Waals surface area contributed by atoms with Gasteiger partial charge < -0.3 is 10.6 Å². The third-order valence-corrected chi connectivity index (χ3v) is 3.49. The summed E-state index contributed by atoms with van der Waals surface area (Å²) in [6.07, 6.45) is 6.76. The number of piperidine rings is 1. The van der Waals surface area contributed by atoms with Crippen LogP contribution in [-0.2, 0) is 4.79 Å². The van der Waals surface area contributed by atoms with Crippen molar-refractivity contribution in [1.82, 2.24) is 10.6 Å². The van der Waals surface area contributed by atoms with E-state index in [-0.39, 0.29) is 11.4 Å². The van der Waals surface area contributed by atoms with Gasteiger partial charge in [-0.25, -0.2) is 0 Å². The van der Waals surface area contributed by atoms with Gasteiger partial charge >= 0.3 is 0 Å². The number of amides is 1. The van der Waals surface area contributed by atoms with E-state index in [2.05, 4.69) is 24.5 Å². The van der Waals surface area contributed by atoms with Crippen LogP contribution in [0.5, 0.6) is 0 Å². The van der Waals surface area contributed by atoms with Crippen molar-refractivity contribution in [2.45, 2.75) is 70.9 Å². The van der Waals surface area contributed by atoms with Crippen molar-refractivity contribution in [2.75, 3.05) is 6.54 Å². The molecule has 0 spiro atoms. The van der Waals surface area contributed by atoms with Gasteiger partial charge in [0.1, 0.15) is 0 Å². The van der Waals surface area contributed by atoms with E-state index >= 15 is 0 Å². The number of nitrogens with one attached hydrogen (secondary N) is 2. The average Bonchev–Trinajstić information content (AvgIpc) is 2.27. The van der Waals surface area contributed by atoms with Gasteiger partial charge in [-0.05, 0) is 46.1 Å². The molecule has 16 heavy (non-hydrogen) atoms. The lowest BCUT2D eigenvalue weighted by molar-refractivity contribution is -0.128. The Kier molecular flexibility index (Phi) is 5.26. The first kappa shape index (κ1) is 13.5. The molecule has 1 amide bonds. The normalized spacial score (nSPS) is 27.4. The van der Waals surface area contributed by atoms with Gasteiger partial charge in [0.05, 0.1) is 5.54 Å². The third-order valence-electron chi connectivity index (χ3n) is 3.49. The lowest BCUT2D eigenvalue weighted by Gasteiger charge is -2.34. The van der Waals surface area contributed by atoms with Gasteiger partial charge in [-0.2, -0.15) is 0 Å². The fourth-order valence-corrected chi connectivity index (χ4v) is 2.22. The number of rotatable bonds is 5. The van der Waals surface area contributed by atoms with E-state index in [0.29, 0.717) is 6.04 Å². The molecule has 0 aromatic carbocycles. The molecule has 0 saturated carbocycles. The number of hydrogen-bond acceptors (Lipinski definition) is 2. The molecular weight excluding hydrogens is 200 g/mol. The molecule has 1 saturated heterocycles. The van der Waals surface area contributed by atoms with E-state index in [4.69, 9.17) is 0 Å². The van der Waals surface area contributed by atoms with E-state index in [1.165, 1.54) is 19.3 Å². The molecule has 1 fully saturated rings. The Morgan fingerprint density at radius 1 is 1.50 bits per heavy atom. The zero-order valence-electron chi connectivity index (χ0n) is 10.9. The molecule has 1 heterocycles. The molecule has 3 heteroatoms. The Morgan fingerprint density at radius 3 is 2.81 bits per heavy atom. The number of carbonyl (C=O) groups excluding carboxylic acids is 1. The minimum absolute atomic E-state index is 0.177. The summed E-state index contributed by atoms with van der Waals surface area (Å²) in [5.74, 6) is 0.177. The first-order valence-electron chi connectivity index (χ1n) is 6.64. The minimum Gasteiger partial charge on any atom is -0.352 e. The molecule has 1 aliphatic rings. The molecule has 1 aliphatic heterocycles. The van der Waals surface area contributed by atoms with Crippen LogP contribution in [0.4, 0.5) is 0 Å². The highest BCUT2D eigenvalue weighted by Gasteiger charge is 2.34. The highest BCUT2D eigenvalue weighted by molar-refractivity contribution is 5.86. The summed E-state index contributed by atoms with van der Waals surface area (Å²) in [6, 6.07) is 0.299. The zero-order chi connectivity index (χ0) is 12.0. The second-order valence-corrected chi connectivity index (χ2v) is 5.23. The summed E-state index contributed by atoms with van der Waals surface area (Å²) in [5.41, 5.74) is -0.335. The summed E-state index contributed by atoms with van der Waals surface area (Å²) in [5, 5.41) is 6.47. The topological polar surface area (TPSA) is 41.1 Å². The van der Waals surface area contributed by atoms with Crippen LogP contribution in [-0.4, -0.2) is 24.0 Å². The molecule has 2 atom stereocenters. The molecule has 0 aromatic heterocycles. The predicted molar refractivity (Wildman–Crippen MR) is 67.4 cm³/mol. The summed E-state index contributed by atoms with van der Waals surface area (Å²) in [6.45, 7) is 7.26. The highest BCUT2D eigenvalue weighted by atomic mass is 16.2. The summed E-state index contributed by atoms with van der Waals surface area (Å²) in [4.78, 5) is 12.1. The number of hydrogen-bond donors (Lipinski definition) is 2. The fraction of sp³-hybridized carbons (Fsp3) is 0.923. The molecule has 1 rings (SSSR count). The molecule has 94 valence electrons. The van der Waals surface area contributed by atoms with Crippen LogP contribution in [0, 0.1) is 0 Å². The highest BCUT2D eigenvalue weighted by Crippen LogP contribution is 2.19. The fourth-order valence-electron chi connectivity index (χ4n) is 2.22. The van der Waals surface area contributed by atoms with Crippen molar-refractivity contribution < 1.29 is 4.79 Å². The van der Waals surface area contributed by atoms with E-state index in [1.807, 2.05) is 6.92 Å². The zero-order valence-corrected chi connectivity index (χ0v) is 10.9. The Balaban J connectivity index is 2.38.